The summed E-state index contributed by atoms with van der Waals surface area (Å²) >= 11 is 5.26. The van der Waals surface area contributed by atoms with Crippen LogP contribution in [-0.2, 0) is 0 Å². The van der Waals surface area contributed by atoms with Crippen molar-refractivity contribution < 1.29 is 4.79 Å². The second kappa shape index (κ2) is 5.86. The first-order valence-corrected chi connectivity index (χ1v) is 9.05. The minimum Gasteiger partial charge on any atom is -0.351 e. The number of amides is 1. The number of halogens is 1. The number of thiophene rings is 1. The van der Waals surface area contributed by atoms with Gasteiger partial charge in [-0.1, -0.05) is 47.0 Å². The monoisotopic (exact) mass is 351 g/mol. The maximum absolute atomic E-state index is 12.4. The molecule has 2 aromatic rings. The molecule has 20 heavy (non-hydrogen) atoms. The zero-order valence-electron chi connectivity index (χ0n) is 11.3. The molecule has 1 amide bonds. The lowest BCUT2D eigenvalue weighted by atomic mass is 9.89. The minimum absolute atomic E-state index is 0.0645. The molecule has 1 fully saturated rings. The highest BCUT2D eigenvalue weighted by Crippen LogP contribution is 2.39. The molecule has 0 aliphatic heterocycles. The molecule has 2 nitrogen and oxygen atoms in total. The van der Waals surface area contributed by atoms with E-state index < -0.39 is 0 Å². The standard InChI is InChI=1S/C16H18BrNOS/c17-10-16(7-3-4-8-16)11-18-15(19)13-9-20-14-6-2-1-5-12(13)14/h1-2,5-6,9H,3-4,7-8,10-11H2,(H,18,19). The highest BCUT2D eigenvalue weighted by molar-refractivity contribution is 9.09. The summed E-state index contributed by atoms with van der Waals surface area (Å²) in [4.78, 5) is 12.4. The van der Waals surface area contributed by atoms with Gasteiger partial charge in [0.15, 0.2) is 0 Å². The van der Waals surface area contributed by atoms with Gasteiger partial charge >= 0.3 is 0 Å². The SMILES string of the molecule is O=C(NCC1(CBr)CCCC1)c1csc2ccccc12. The van der Waals surface area contributed by atoms with Gasteiger partial charge in [0.2, 0.25) is 0 Å². The number of hydrogen-bond acceptors (Lipinski definition) is 2. The molecule has 1 N–H and O–H groups in total. The Morgan fingerprint density at radius 3 is 2.80 bits per heavy atom. The molecule has 0 atom stereocenters. The topological polar surface area (TPSA) is 29.1 Å². The maximum Gasteiger partial charge on any atom is 0.252 e. The summed E-state index contributed by atoms with van der Waals surface area (Å²) < 4.78 is 1.17. The molecular formula is C16H18BrNOS. The van der Waals surface area contributed by atoms with E-state index in [1.807, 2.05) is 23.6 Å². The van der Waals surface area contributed by atoms with Gasteiger partial charge in [-0.15, -0.1) is 11.3 Å². The van der Waals surface area contributed by atoms with Crippen LogP contribution in [0.3, 0.4) is 0 Å². The average Bonchev–Trinajstić information content (AvgIpc) is 3.12. The molecule has 1 saturated carbocycles. The Morgan fingerprint density at radius 2 is 2.05 bits per heavy atom. The second-order valence-corrected chi connectivity index (χ2v) is 7.14. The van der Waals surface area contributed by atoms with Gasteiger partial charge in [-0.2, -0.15) is 0 Å². The van der Waals surface area contributed by atoms with Crippen LogP contribution >= 0.6 is 27.3 Å². The van der Waals surface area contributed by atoms with Crippen LogP contribution in [0.4, 0.5) is 0 Å². The van der Waals surface area contributed by atoms with E-state index in [1.165, 1.54) is 30.4 Å². The summed E-state index contributed by atoms with van der Waals surface area (Å²) in [6, 6.07) is 8.09. The number of rotatable bonds is 4. The highest BCUT2D eigenvalue weighted by atomic mass is 79.9. The van der Waals surface area contributed by atoms with Crippen molar-refractivity contribution in [2.75, 3.05) is 11.9 Å². The Labute approximate surface area is 131 Å². The second-order valence-electron chi connectivity index (χ2n) is 5.67. The van der Waals surface area contributed by atoms with Gasteiger partial charge in [0, 0.05) is 27.3 Å². The van der Waals surface area contributed by atoms with Gasteiger partial charge in [-0.25, -0.2) is 0 Å². The number of fused-ring (bicyclic) bond motifs is 1. The van der Waals surface area contributed by atoms with Gasteiger partial charge in [0.25, 0.3) is 5.91 Å². The van der Waals surface area contributed by atoms with E-state index in [0.717, 1.165) is 22.8 Å². The summed E-state index contributed by atoms with van der Waals surface area (Å²) in [5.41, 5.74) is 1.08. The van der Waals surface area contributed by atoms with E-state index in [-0.39, 0.29) is 11.3 Å². The fraction of sp³-hybridized carbons (Fsp3) is 0.438. The molecule has 1 aromatic heterocycles. The van der Waals surface area contributed by atoms with Crippen molar-refractivity contribution in [3.05, 3.63) is 35.2 Å². The fourth-order valence-corrected chi connectivity index (χ4v) is 4.70. The number of alkyl halides is 1. The van der Waals surface area contributed by atoms with Crippen molar-refractivity contribution in [2.45, 2.75) is 25.7 Å². The van der Waals surface area contributed by atoms with Gasteiger partial charge in [0.1, 0.15) is 0 Å². The van der Waals surface area contributed by atoms with E-state index in [9.17, 15) is 4.79 Å². The minimum atomic E-state index is 0.0645. The summed E-state index contributed by atoms with van der Waals surface area (Å²) in [5, 5.41) is 7.16. The molecule has 3 rings (SSSR count). The largest absolute Gasteiger partial charge is 0.351 e. The molecule has 0 bridgehead atoms. The first-order chi connectivity index (χ1) is 9.74. The van der Waals surface area contributed by atoms with Crippen molar-refractivity contribution in [1.29, 1.82) is 0 Å². The molecule has 4 heteroatoms. The van der Waals surface area contributed by atoms with E-state index in [2.05, 4.69) is 27.3 Å². The van der Waals surface area contributed by atoms with Crippen molar-refractivity contribution in [1.82, 2.24) is 5.32 Å². The third-order valence-corrected chi connectivity index (χ3v) is 6.45. The summed E-state index contributed by atoms with van der Waals surface area (Å²) in [6.07, 6.45) is 4.98. The van der Waals surface area contributed by atoms with Crippen LogP contribution in [0.2, 0.25) is 0 Å². The zero-order chi connectivity index (χ0) is 14.0. The summed E-state index contributed by atoms with van der Waals surface area (Å²) in [5.74, 6) is 0.0645. The van der Waals surface area contributed by atoms with Gasteiger partial charge in [-0.05, 0) is 24.3 Å². The smallest absolute Gasteiger partial charge is 0.252 e. The third-order valence-electron chi connectivity index (χ3n) is 4.30. The maximum atomic E-state index is 12.4. The van der Waals surface area contributed by atoms with Crippen LogP contribution in [0.25, 0.3) is 10.1 Å². The Kier molecular flexibility index (Phi) is 4.13. The molecule has 1 heterocycles. The van der Waals surface area contributed by atoms with E-state index in [4.69, 9.17) is 0 Å². The van der Waals surface area contributed by atoms with Crippen molar-refractivity contribution in [3.8, 4) is 0 Å². The van der Waals surface area contributed by atoms with Crippen LogP contribution in [0.5, 0.6) is 0 Å². The Hall–Kier alpha value is -0.870. The molecule has 0 unspecified atom stereocenters. The Bertz CT molecular complexity index is 616. The fourth-order valence-electron chi connectivity index (χ4n) is 3.00. The molecule has 0 spiro atoms. The van der Waals surface area contributed by atoms with Crippen LogP contribution < -0.4 is 5.32 Å². The van der Waals surface area contributed by atoms with E-state index >= 15 is 0 Å². The van der Waals surface area contributed by atoms with Crippen LogP contribution in [0.1, 0.15) is 36.0 Å². The predicted molar refractivity (Wildman–Crippen MR) is 88.9 cm³/mol. The quantitative estimate of drug-likeness (QED) is 0.802. The Balaban J connectivity index is 1.73. The van der Waals surface area contributed by atoms with E-state index in [1.54, 1.807) is 11.3 Å². The van der Waals surface area contributed by atoms with Gasteiger partial charge in [-0.3, -0.25) is 4.79 Å². The zero-order valence-corrected chi connectivity index (χ0v) is 13.7. The van der Waals surface area contributed by atoms with Crippen molar-refractivity contribution >= 4 is 43.3 Å². The number of nitrogens with one attached hydrogen (secondary N) is 1. The number of benzene rings is 1. The lowest BCUT2D eigenvalue weighted by molar-refractivity contribution is 0.0937. The summed E-state index contributed by atoms with van der Waals surface area (Å²) in [7, 11) is 0. The Morgan fingerprint density at radius 1 is 1.30 bits per heavy atom. The van der Waals surface area contributed by atoms with Gasteiger partial charge in [0.05, 0.1) is 5.56 Å². The first kappa shape index (κ1) is 14.1. The van der Waals surface area contributed by atoms with Crippen molar-refractivity contribution in [3.63, 3.8) is 0 Å². The first-order valence-electron chi connectivity index (χ1n) is 7.05. The molecule has 1 aromatic carbocycles. The van der Waals surface area contributed by atoms with Gasteiger partial charge < -0.3 is 5.32 Å². The number of hydrogen-bond donors (Lipinski definition) is 1. The van der Waals surface area contributed by atoms with E-state index in [0.29, 0.717) is 0 Å². The van der Waals surface area contributed by atoms with Crippen molar-refractivity contribution in [2.24, 2.45) is 5.41 Å². The molecule has 0 radical (unpaired) electrons. The van der Waals surface area contributed by atoms with Crippen LogP contribution in [0.15, 0.2) is 29.6 Å². The van der Waals surface area contributed by atoms with Crippen LogP contribution in [0, 0.1) is 5.41 Å². The normalized spacial score (nSPS) is 17.4. The predicted octanol–water partition coefficient (Wildman–Crippen LogP) is 4.59. The lowest BCUT2D eigenvalue weighted by Gasteiger charge is -2.26. The molecule has 1 aliphatic rings. The average molecular weight is 352 g/mol. The molecule has 1 aliphatic carbocycles. The lowest BCUT2D eigenvalue weighted by Crippen LogP contribution is -2.36. The third kappa shape index (κ3) is 2.63. The number of carbonyl (C=O) groups excluding carboxylic acids is 1. The molecule has 0 saturated heterocycles. The van der Waals surface area contributed by atoms with Crippen LogP contribution in [-0.4, -0.2) is 17.8 Å². The number of carbonyl (C=O) groups is 1. The highest BCUT2D eigenvalue weighted by Gasteiger charge is 2.33. The summed E-state index contributed by atoms with van der Waals surface area (Å²) in [6.45, 7) is 0.779. The molecule has 106 valence electrons. The molecular weight excluding hydrogens is 334 g/mol.